The lowest BCUT2D eigenvalue weighted by Gasteiger charge is -2.46. The Kier molecular flexibility index (Phi) is 5.65. The monoisotopic (exact) mass is 331 g/mol. The van der Waals surface area contributed by atoms with E-state index in [1.165, 1.54) is 0 Å². The van der Waals surface area contributed by atoms with Gasteiger partial charge in [0.1, 0.15) is 5.75 Å². The predicted molar refractivity (Wildman–Crippen MR) is 92.2 cm³/mol. The van der Waals surface area contributed by atoms with Gasteiger partial charge in [-0.3, -0.25) is 4.79 Å². The lowest BCUT2D eigenvalue weighted by molar-refractivity contribution is -0.139. The van der Waals surface area contributed by atoms with Gasteiger partial charge in [-0.05, 0) is 42.9 Å². The highest BCUT2D eigenvalue weighted by atomic mass is 16.5. The molecule has 1 N–H and O–H groups in total. The molecule has 1 aromatic rings. The minimum absolute atomic E-state index is 0.0412. The van der Waals surface area contributed by atoms with E-state index in [1.54, 1.807) is 24.3 Å². The molecule has 1 amide bonds. The number of rotatable bonds is 6. The van der Waals surface area contributed by atoms with Gasteiger partial charge in [-0.25, -0.2) is 4.79 Å². The van der Waals surface area contributed by atoms with Crippen LogP contribution in [-0.2, 0) is 4.79 Å². The van der Waals surface area contributed by atoms with E-state index in [2.05, 4.69) is 20.4 Å². The van der Waals surface area contributed by atoms with Crippen LogP contribution >= 0.6 is 0 Å². The summed E-state index contributed by atoms with van der Waals surface area (Å²) in [5, 5.41) is 8.70. The molecule has 1 unspecified atom stereocenters. The number of amides is 1. The fourth-order valence-corrected chi connectivity index (χ4v) is 3.33. The van der Waals surface area contributed by atoms with Crippen molar-refractivity contribution in [2.75, 3.05) is 13.2 Å². The van der Waals surface area contributed by atoms with E-state index in [4.69, 9.17) is 9.84 Å². The quantitative estimate of drug-likeness (QED) is 0.812. The van der Waals surface area contributed by atoms with Gasteiger partial charge in [-0.15, -0.1) is 6.58 Å². The van der Waals surface area contributed by atoms with Gasteiger partial charge in [0.05, 0.1) is 0 Å². The molecule has 24 heavy (non-hydrogen) atoms. The fourth-order valence-electron chi connectivity index (χ4n) is 3.33. The molecule has 1 saturated heterocycles. The summed E-state index contributed by atoms with van der Waals surface area (Å²) < 4.78 is 5.17. The molecule has 5 heteroatoms. The summed E-state index contributed by atoms with van der Waals surface area (Å²) in [4.78, 5) is 25.5. The summed E-state index contributed by atoms with van der Waals surface area (Å²) in [6.45, 7) is 8.50. The third-order valence-electron chi connectivity index (χ3n) is 4.59. The molecule has 0 aromatic heterocycles. The molecule has 130 valence electrons. The number of benzene rings is 1. The Morgan fingerprint density at radius 2 is 2.21 bits per heavy atom. The summed E-state index contributed by atoms with van der Waals surface area (Å²) in [7, 11) is 0. The van der Waals surface area contributed by atoms with E-state index in [0.717, 1.165) is 25.8 Å². The lowest BCUT2D eigenvalue weighted by Crippen LogP contribution is -2.52. The van der Waals surface area contributed by atoms with Crippen LogP contribution in [0.2, 0.25) is 0 Å². The Morgan fingerprint density at radius 3 is 2.88 bits per heavy atom. The molecule has 1 aliphatic heterocycles. The maximum Gasteiger partial charge on any atom is 0.341 e. The summed E-state index contributed by atoms with van der Waals surface area (Å²) in [5.74, 6) is -0.703. The van der Waals surface area contributed by atoms with E-state index in [0.29, 0.717) is 11.3 Å². The highest BCUT2D eigenvalue weighted by Crippen LogP contribution is 2.37. The van der Waals surface area contributed by atoms with Gasteiger partial charge in [-0.2, -0.15) is 0 Å². The van der Waals surface area contributed by atoms with E-state index < -0.39 is 12.6 Å². The number of piperidine rings is 1. The first-order valence-electron chi connectivity index (χ1n) is 8.21. The van der Waals surface area contributed by atoms with Crippen LogP contribution in [0.15, 0.2) is 36.9 Å². The Labute approximate surface area is 142 Å². The Hall–Kier alpha value is -2.30. The maximum atomic E-state index is 13.0. The number of nitrogens with zero attached hydrogens (tertiary/aromatic N) is 1. The Morgan fingerprint density at radius 1 is 1.46 bits per heavy atom. The minimum Gasteiger partial charge on any atom is -0.482 e. The highest BCUT2D eigenvalue weighted by molar-refractivity contribution is 5.95. The first kappa shape index (κ1) is 18.0. The number of ether oxygens (including phenoxy) is 1. The number of carbonyl (C=O) groups excluding carboxylic acids is 1. The molecule has 0 saturated carbocycles. The number of hydrogen-bond donors (Lipinski definition) is 1. The van der Waals surface area contributed by atoms with Crippen molar-refractivity contribution in [3.05, 3.63) is 42.5 Å². The number of likely N-dealkylation sites (tertiary alicyclic amines) is 1. The first-order valence-corrected chi connectivity index (χ1v) is 8.21. The molecule has 1 heterocycles. The van der Waals surface area contributed by atoms with E-state index in [-0.39, 0.29) is 17.4 Å². The van der Waals surface area contributed by atoms with Crippen molar-refractivity contribution < 1.29 is 19.4 Å². The predicted octanol–water partition coefficient (Wildman–Crippen LogP) is 3.36. The van der Waals surface area contributed by atoms with Crippen molar-refractivity contribution >= 4 is 11.9 Å². The molecule has 2 rings (SSSR count). The largest absolute Gasteiger partial charge is 0.482 e. The van der Waals surface area contributed by atoms with Gasteiger partial charge in [-0.1, -0.05) is 26.0 Å². The average Bonchev–Trinajstić information content (AvgIpc) is 2.54. The van der Waals surface area contributed by atoms with Crippen molar-refractivity contribution in [1.82, 2.24) is 4.90 Å². The van der Waals surface area contributed by atoms with Crippen LogP contribution < -0.4 is 4.74 Å². The van der Waals surface area contributed by atoms with Gasteiger partial charge in [0, 0.05) is 18.2 Å². The molecular formula is C19H25NO4. The van der Waals surface area contributed by atoms with Crippen LogP contribution in [0.1, 0.15) is 43.5 Å². The van der Waals surface area contributed by atoms with E-state index in [1.807, 2.05) is 11.0 Å². The van der Waals surface area contributed by atoms with Crippen LogP contribution in [0.4, 0.5) is 0 Å². The number of hydrogen-bond acceptors (Lipinski definition) is 3. The van der Waals surface area contributed by atoms with Crippen molar-refractivity contribution in [1.29, 1.82) is 0 Å². The summed E-state index contributed by atoms with van der Waals surface area (Å²) in [5.41, 5.74) is 0.559. The Bertz CT molecular complexity index is 624. The second-order valence-corrected chi connectivity index (χ2v) is 6.84. The van der Waals surface area contributed by atoms with Crippen molar-refractivity contribution in [2.24, 2.45) is 5.41 Å². The average molecular weight is 331 g/mol. The second kappa shape index (κ2) is 7.51. The summed E-state index contributed by atoms with van der Waals surface area (Å²) >= 11 is 0. The number of aliphatic carboxylic acids is 1. The van der Waals surface area contributed by atoms with E-state index >= 15 is 0 Å². The molecular weight excluding hydrogens is 306 g/mol. The molecule has 1 fully saturated rings. The number of carbonyl (C=O) groups is 2. The topological polar surface area (TPSA) is 66.8 Å². The third kappa shape index (κ3) is 4.16. The van der Waals surface area contributed by atoms with Gasteiger partial charge < -0.3 is 14.7 Å². The van der Waals surface area contributed by atoms with Crippen LogP contribution in [0.25, 0.3) is 0 Å². The van der Waals surface area contributed by atoms with Crippen LogP contribution in [-0.4, -0.2) is 41.1 Å². The lowest BCUT2D eigenvalue weighted by atomic mass is 9.75. The first-order chi connectivity index (χ1) is 11.3. The van der Waals surface area contributed by atoms with E-state index in [9.17, 15) is 9.59 Å². The van der Waals surface area contributed by atoms with Crippen molar-refractivity contribution in [3.8, 4) is 5.75 Å². The second-order valence-electron chi connectivity index (χ2n) is 6.84. The number of carboxylic acid groups (broad SMARTS) is 1. The van der Waals surface area contributed by atoms with Crippen LogP contribution in [0.3, 0.4) is 0 Å². The zero-order chi connectivity index (χ0) is 17.7. The molecule has 0 spiro atoms. The standard InChI is InChI=1S/C19H25NO4/c1-4-7-16-19(2,3)10-6-11-20(16)18(23)14-8-5-9-15(12-14)24-13-17(21)22/h4-5,8-9,12,16H,1,6-7,10-11,13H2,2-3H3,(H,21,22). The van der Waals surface area contributed by atoms with Gasteiger partial charge in [0.2, 0.25) is 0 Å². The van der Waals surface area contributed by atoms with Crippen LogP contribution in [0.5, 0.6) is 5.75 Å². The minimum atomic E-state index is -1.05. The fraction of sp³-hybridized carbons (Fsp3) is 0.474. The van der Waals surface area contributed by atoms with Crippen molar-refractivity contribution in [2.45, 2.75) is 39.2 Å². The smallest absolute Gasteiger partial charge is 0.341 e. The molecule has 5 nitrogen and oxygen atoms in total. The zero-order valence-corrected chi connectivity index (χ0v) is 14.3. The zero-order valence-electron chi connectivity index (χ0n) is 14.3. The van der Waals surface area contributed by atoms with Gasteiger partial charge >= 0.3 is 5.97 Å². The third-order valence-corrected chi connectivity index (χ3v) is 4.59. The Balaban J connectivity index is 2.21. The number of carboxylic acids is 1. The molecule has 1 aliphatic rings. The summed E-state index contributed by atoms with van der Waals surface area (Å²) in [6.07, 6.45) is 4.68. The highest BCUT2D eigenvalue weighted by Gasteiger charge is 2.39. The molecule has 0 bridgehead atoms. The van der Waals surface area contributed by atoms with Crippen molar-refractivity contribution in [3.63, 3.8) is 0 Å². The van der Waals surface area contributed by atoms with Gasteiger partial charge in [0.15, 0.2) is 6.61 Å². The SMILES string of the molecule is C=CCC1N(C(=O)c2cccc(OCC(=O)O)c2)CCCC1(C)C. The van der Waals surface area contributed by atoms with Gasteiger partial charge in [0.25, 0.3) is 5.91 Å². The maximum absolute atomic E-state index is 13.0. The van der Waals surface area contributed by atoms with Crippen LogP contribution in [0, 0.1) is 5.41 Å². The molecule has 1 aromatic carbocycles. The summed E-state index contributed by atoms with van der Waals surface area (Å²) in [6, 6.07) is 6.82. The molecule has 1 atom stereocenters. The molecule has 0 radical (unpaired) electrons. The normalized spacial score (nSPS) is 19.6. The molecule has 0 aliphatic carbocycles.